The Morgan fingerprint density at radius 2 is 1.53 bits per heavy atom. The number of aryl methyl sites for hydroxylation is 1. The third kappa shape index (κ3) is 4.34. The van der Waals surface area contributed by atoms with E-state index < -0.39 is 0 Å². The molecule has 1 N–H and O–H groups in total. The fraction of sp³-hybridized carbons (Fsp3) is 0.0417. The molecule has 1 aromatic heterocycles. The molecule has 4 aromatic rings. The largest absolute Gasteiger partial charge is 0.329 e. The van der Waals surface area contributed by atoms with Crippen molar-refractivity contribution < 1.29 is 9.59 Å². The van der Waals surface area contributed by atoms with Gasteiger partial charge in [-0.25, -0.2) is 4.98 Å². The first-order chi connectivity index (χ1) is 14.6. The molecule has 6 heteroatoms. The zero-order valence-electron chi connectivity index (χ0n) is 16.3. The van der Waals surface area contributed by atoms with E-state index in [9.17, 15) is 9.59 Å². The van der Waals surface area contributed by atoms with Gasteiger partial charge < -0.3 is 9.88 Å². The molecular formula is C24H19N3O2S. The minimum atomic E-state index is -0.320. The fourth-order valence-corrected chi connectivity index (χ4v) is 3.79. The number of nitrogens with one attached hydrogen (secondary N) is 1. The second-order valence-corrected chi connectivity index (χ2v) is 7.68. The van der Waals surface area contributed by atoms with Gasteiger partial charge in [0, 0.05) is 41.2 Å². The Morgan fingerprint density at radius 3 is 2.20 bits per heavy atom. The first-order valence-electron chi connectivity index (χ1n) is 9.37. The number of ketones is 1. The molecule has 0 atom stereocenters. The van der Waals surface area contributed by atoms with Crippen LogP contribution in [-0.4, -0.2) is 21.2 Å². The van der Waals surface area contributed by atoms with Crippen LogP contribution in [0.2, 0.25) is 0 Å². The molecule has 3 aromatic carbocycles. The third-order valence-corrected chi connectivity index (χ3v) is 5.63. The zero-order valence-corrected chi connectivity index (χ0v) is 17.1. The zero-order chi connectivity index (χ0) is 20.9. The Labute approximate surface area is 178 Å². The molecule has 0 saturated heterocycles. The fourth-order valence-electron chi connectivity index (χ4n) is 2.98. The number of aromatic nitrogens is 2. The number of amides is 1. The Balaban J connectivity index is 1.51. The normalized spacial score (nSPS) is 10.6. The summed E-state index contributed by atoms with van der Waals surface area (Å²) < 4.78 is 1.95. The van der Waals surface area contributed by atoms with Crippen LogP contribution in [0, 0.1) is 0 Å². The lowest BCUT2D eigenvalue weighted by Crippen LogP contribution is -2.16. The van der Waals surface area contributed by atoms with Gasteiger partial charge in [-0.05, 0) is 30.3 Å². The summed E-state index contributed by atoms with van der Waals surface area (Å²) in [6.45, 7) is 0. The van der Waals surface area contributed by atoms with E-state index in [1.165, 1.54) is 0 Å². The molecule has 0 spiro atoms. The average Bonchev–Trinajstić information content (AvgIpc) is 3.19. The molecule has 148 valence electrons. The quantitative estimate of drug-likeness (QED) is 0.449. The molecule has 0 saturated carbocycles. The van der Waals surface area contributed by atoms with Gasteiger partial charge in [-0.15, -0.1) is 0 Å². The number of anilines is 1. The average molecular weight is 414 g/mol. The number of hydrogen-bond donors (Lipinski definition) is 1. The van der Waals surface area contributed by atoms with Crippen LogP contribution in [-0.2, 0) is 7.05 Å². The van der Waals surface area contributed by atoms with Crippen molar-refractivity contribution in [3.05, 3.63) is 108 Å². The summed E-state index contributed by atoms with van der Waals surface area (Å²) >= 11 is 1.54. The van der Waals surface area contributed by atoms with E-state index in [-0.39, 0.29) is 11.7 Å². The number of carbonyl (C=O) groups excluding carboxylic acids is 2. The second-order valence-electron chi connectivity index (χ2n) is 6.64. The van der Waals surface area contributed by atoms with Crippen LogP contribution >= 0.6 is 11.8 Å². The monoisotopic (exact) mass is 413 g/mol. The van der Waals surface area contributed by atoms with Gasteiger partial charge in [0.2, 0.25) is 0 Å². The molecule has 4 rings (SSSR count). The molecule has 0 aliphatic rings. The third-order valence-electron chi connectivity index (χ3n) is 4.55. The minimum absolute atomic E-state index is 0.178. The van der Waals surface area contributed by atoms with Crippen molar-refractivity contribution in [1.82, 2.24) is 9.55 Å². The molecule has 0 aliphatic carbocycles. The lowest BCUT2D eigenvalue weighted by Gasteiger charge is -2.10. The standard InChI is InChI=1S/C24H19N3O2S/c1-27-16-15-25-24(27)30-19-13-11-18(12-14-19)26-23(29)21-10-6-5-9-20(21)22(28)17-7-3-2-4-8-17/h2-16H,1H3,(H,26,29). The molecule has 5 nitrogen and oxygen atoms in total. The summed E-state index contributed by atoms with van der Waals surface area (Å²) in [5.41, 5.74) is 1.93. The van der Waals surface area contributed by atoms with E-state index in [1.807, 2.05) is 48.1 Å². The molecule has 0 radical (unpaired) electrons. The Bertz CT molecular complexity index is 1180. The summed E-state index contributed by atoms with van der Waals surface area (Å²) in [7, 11) is 1.94. The van der Waals surface area contributed by atoms with Crippen LogP contribution in [0.4, 0.5) is 5.69 Å². The van der Waals surface area contributed by atoms with E-state index in [2.05, 4.69) is 10.3 Å². The number of rotatable bonds is 6. The maximum absolute atomic E-state index is 12.9. The number of nitrogens with zero attached hydrogens (tertiary/aromatic N) is 2. The highest BCUT2D eigenvalue weighted by Crippen LogP contribution is 2.27. The van der Waals surface area contributed by atoms with E-state index in [0.717, 1.165) is 10.1 Å². The van der Waals surface area contributed by atoms with Crippen molar-refractivity contribution in [2.24, 2.45) is 7.05 Å². The van der Waals surface area contributed by atoms with Crippen molar-refractivity contribution in [3.63, 3.8) is 0 Å². The number of carbonyl (C=O) groups is 2. The van der Waals surface area contributed by atoms with Crippen LogP contribution in [0.15, 0.2) is 101 Å². The van der Waals surface area contributed by atoms with Crippen LogP contribution in [0.3, 0.4) is 0 Å². The predicted molar refractivity (Wildman–Crippen MR) is 118 cm³/mol. The van der Waals surface area contributed by atoms with Crippen LogP contribution in [0.1, 0.15) is 26.3 Å². The van der Waals surface area contributed by atoms with E-state index in [0.29, 0.717) is 22.4 Å². The smallest absolute Gasteiger partial charge is 0.256 e. The van der Waals surface area contributed by atoms with Crippen LogP contribution < -0.4 is 5.32 Å². The van der Waals surface area contributed by atoms with Crippen LogP contribution in [0.5, 0.6) is 0 Å². The van der Waals surface area contributed by atoms with E-state index >= 15 is 0 Å². The van der Waals surface area contributed by atoms with Gasteiger partial charge in [0.05, 0.1) is 5.56 Å². The van der Waals surface area contributed by atoms with Crippen molar-refractivity contribution in [3.8, 4) is 0 Å². The van der Waals surface area contributed by atoms with E-state index in [1.54, 1.807) is 66.5 Å². The molecule has 1 amide bonds. The van der Waals surface area contributed by atoms with Crippen molar-refractivity contribution in [1.29, 1.82) is 0 Å². The van der Waals surface area contributed by atoms with Crippen molar-refractivity contribution in [2.75, 3.05) is 5.32 Å². The topological polar surface area (TPSA) is 64.0 Å². The van der Waals surface area contributed by atoms with Gasteiger partial charge in [-0.2, -0.15) is 0 Å². The highest BCUT2D eigenvalue weighted by molar-refractivity contribution is 7.99. The van der Waals surface area contributed by atoms with E-state index in [4.69, 9.17) is 0 Å². The SMILES string of the molecule is Cn1ccnc1Sc1ccc(NC(=O)c2ccccc2C(=O)c2ccccc2)cc1. The predicted octanol–water partition coefficient (Wildman–Crippen LogP) is 5.05. The maximum Gasteiger partial charge on any atom is 0.256 e. The van der Waals surface area contributed by atoms with Gasteiger partial charge in [-0.3, -0.25) is 9.59 Å². The minimum Gasteiger partial charge on any atom is -0.329 e. The number of imidazole rings is 1. The Morgan fingerprint density at radius 1 is 0.867 bits per heavy atom. The highest BCUT2D eigenvalue weighted by Gasteiger charge is 2.18. The lowest BCUT2D eigenvalue weighted by atomic mass is 9.98. The lowest BCUT2D eigenvalue weighted by molar-refractivity contribution is 0.0996. The summed E-state index contributed by atoms with van der Waals surface area (Å²) in [5.74, 6) is -0.498. The first kappa shape index (κ1) is 19.7. The van der Waals surface area contributed by atoms with Gasteiger partial charge >= 0.3 is 0 Å². The van der Waals surface area contributed by atoms with Gasteiger partial charge in [0.1, 0.15) is 0 Å². The highest BCUT2D eigenvalue weighted by atomic mass is 32.2. The summed E-state index contributed by atoms with van der Waals surface area (Å²) in [4.78, 5) is 31.0. The second kappa shape index (κ2) is 8.80. The van der Waals surface area contributed by atoms with Gasteiger partial charge in [0.15, 0.2) is 10.9 Å². The summed E-state index contributed by atoms with van der Waals surface area (Å²) in [6.07, 6.45) is 3.65. The maximum atomic E-state index is 12.9. The summed E-state index contributed by atoms with van der Waals surface area (Å²) in [6, 6.07) is 23.3. The summed E-state index contributed by atoms with van der Waals surface area (Å²) in [5, 5.41) is 3.77. The van der Waals surface area contributed by atoms with Gasteiger partial charge in [0.25, 0.3) is 5.91 Å². The molecule has 0 aliphatic heterocycles. The molecule has 30 heavy (non-hydrogen) atoms. The van der Waals surface area contributed by atoms with Crippen LogP contribution in [0.25, 0.3) is 0 Å². The Hall–Kier alpha value is -3.64. The number of hydrogen-bond acceptors (Lipinski definition) is 4. The van der Waals surface area contributed by atoms with Crippen molar-refractivity contribution in [2.45, 2.75) is 10.1 Å². The Kier molecular flexibility index (Phi) is 5.77. The molecule has 1 heterocycles. The van der Waals surface area contributed by atoms with Crippen molar-refractivity contribution >= 4 is 29.1 Å². The van der Waals surface area contributed by atoms with Gasteiger partial charge in [-0.1, -0.05) is 60.3 Å². The molecule has 0 bridgehead atoms. The first-order valence-corrected chi connectivity index (χ1v) is 10.2. The number of benzene rings is 3. The molecule has 0 unspecified atom stereocenters. The molecular weight excluding hydrogens is 394 g/mol. The molecule has 0 fully saturated rings.